The van der Waals surface area contributed by atoms with Crippen LogP contribution in [-0.4, -0.2) is 48.4 Å². The summed E-state index contributed by atoms with van der Waals surface area (Å²) < 4.78 is 0.894. The summed E-state index contributed by atoms with van der Waals surface area (Å²) in [5.74, 6) is 0.0185. The Bertz CT molecular complexity index is 484. The minimum Gasteiger partial charge on any atom is -0.398 e. The van der Waals surface area contributed by atoms with E-state index in [9.17, 15) is 4.79 Å². The van der Waals surface area contributed by atoms with Crippen LogP contribution in [0.3, 0.4) is 0 Å². The lowest BCUT2D eigenvalue weighted by atomic mass is 10.0. The predicted octanol–water partition coefficient (Wildman–Crippen LogP) is 2.59. The molecule has 5 heteroatoms. The van der Waals surface area contributed by atoms with Gasteiger partial charge in [-0.15, -0.1) is 0 Å². The molecule has 1 aliphatic rings. The Morgan fingerprint density at radius 2 is 2.10 bits per heavy atom. The van der Waals surface area contributed by atoms with Crippen LogP contribution in [-0.2, 0) is 0 Å². The third-order valence-electron chi connectivity index (χ3n) is 4.12. The number of hydrogen-bond donors (Lipinski definition) is 1. The molecule has 20 heavy (non-hydrogen) atoms. The van der Waals surface area contributed by atoms with Gasteiger partial charge >= 0.3 is 0 Å². The van der Waals surface area contributed by atoms with Gasteiger partial charge in [0.25, 0.3) is 5.91 Å². The maximum Gasteiger partial charge on any atom is 0.255 e. The second-order valence-corrected chi connectivity index (χ2v) is 6.23. The van der Waals surface area contributed by atoms with E-state index in [1.807, 2.05) is 18.0 Å². The minimum atomic E-state index is 0.0185. The van der Waals surface area contributed by atoms with Crippen LogP contribution in [0.1, 0.15) is 30.1 Å². The first-order chi connectivity index (χ1) is 9.52. The summed E-state index contributed by atoms with van der Waals surface area (Å²) in [4.78, 5) is 16.8. The number of piperidine rings is 1. The number of nitrogen functional groups attached to an aromatic ring is 1. The number of amides is 1. The molecule has 0 saturated carbocycles. The minimum absolute atomic E-state index is 0.0185. The SMILES string of the molecule is CCN1CCC(N(C)C(=O)c2ccc(Br)cc2N)CC1. The molecule has 0 atom stereocenters. The van der Waals surface area contributed by atoms with Crippen molar-refractivity contribution in [1.82, 2.24) is 9.80 Å². The monoisotopic (exact) mass is 339 g/mol. The van der Waals surface area contributed by atoms with Crippen LogP contribution in [0.5, 0.6) is 0 Å². The first-order valence-electron chi connectivity index (χ1n) is 7.07. The molecule has 110 valence electrons. The zero-order valence-electron chi connectivity index (χ0n) is 12.1. The molecular formula is C15H22BrN3O. The van der Waals surface area contributed by atoms with Gasteiger partial charge in [0.05, 0.1) is 5.56 Å². The van der Waals surface area contributed by atoms with Crippen molar-refractivity contribution in [2.24, 2.45) is 0 Å². The van der Waals surface area contributed by atoms with Crippen LogP contribution < -0.4 is 5.73 Å². The average molecular weight is 340 g/mol. The molecular weight excluding hydrogens is 318 g/mol. The summed E-state index contributed by atoms with van der Waals surface area (Å²) in [5, 5.41) is 0. The molecule has 1 saturated heterocycles. The zero-order chi connectivity index (χ0) is 14.7. The van der Waals surface area contributed by atoms with Gasteiger partial charge in [-0.25, -0.2) is 0 Å². The van der Waals surface area contributed by atoms with E-state index in [1.165, 1.54) is 0 Å². The summed E-state index contributed by atoms with van der Waals surface area (Å²) >= 11 is 3.36. The fourth-order valence-electron chi connectivity index (χ4n) is 2.71. The van der Waals surface area contributed by atoms with Crippen LogP contribution in [0.4, 0.5) is 5.69 Å². The highest BCUT2D eigenvalue weighted by atomic mass is 79.9. The van der Waals surface area contributed by atoms with Gasteiger partial charge in [-0.05, 0) is 37.6 Å². The number of nitrogens with two attached hydrogens (primary N) is 1. The van der Waals surface area contributed by atoms with E-state index in [-0.39, 0.29) is 5.91 Å². The van der Waals surface area contributed by atoms with E-state index in [2.05, 4.69) is 27.8 Å². The lowest BCUT2D eigenvalue weighted by Crippen LogP contribution is -2.45. The third kappa shape index (κ3) is 3.33. The first kappa shape index (κ1) is 15.3. The van der Waals surface area contributed by atoms with Crippen molar-refractivity contribution in [2.45, 2.75) is 25.8 Å². The van der Waals surface area contributed by atoms with Crippen LogP contribution in [0.2, 0.25) is 0 Å². The number of benzene rings is 1. The lowest BCUT2D eigenvalue weighted by Gasteiger charge is -2.36. The Kier molecular flexibility index (Phi) is 5.05. The molecule has 2 rings (SSSR count). The van der Waals surface area contributed by atoms with E-state index in [1.54, 1.807) is 12.1 Å². The van der Waals surface area contributed by atoms with E-state index in [0.29, 0.717) is 17.3 Å². The molecule has 1 aliphatic heterocycles. The molecule has 2 N–H and O–H groups in total. The van der Waals surface area contributed by atoms with Gasteiger partial charge in [-0.3, -0.25) is 4.79 Å². The number of halogens is 1. The molecule has 0 aliphatic carbocycles. The second-order valence-electron chi connectivity index (χ2n) is 5.31. The number of anilines is 1. The smallest absolute Gasteiger partial charge is 0.255 e. The number of carbonyl (C=O) groups is 1. The van der Waals surface area contributed by atoms with Crippen LogP contribution in [0.15, 0.2) is 22.7 Å². The van der Waals surface area contributed by atoms with E-state index < -0.39 is 0 Å². The maximum atomic E-state index is 12.5. The number of rotatable bonds is 3. The number of likely N-dealkylation sites (tertiary alicyclic amines) is 1. The molecule has 1 aromatic carbocycles. The number of hydrogen-bond acceptors (Lipinski definition) is 3. The number of nitrogens with zero attached hydrogens (tertiary/aromatic N) is 2. The molecule has 0 bridgehead atoms. The highest BCUT2D eigenvalue weighted by Crippen LogP contribution is 2.22. The van der Waals surface area contributed by atoms with Crippen molar-refractivity contribution in [1.29, 1.82) is 0 Å². The van der Waals surface area contributed by atoms with Gasteiger partial charge in [-0.1, -0.05) is 22.9 Å². The zero-order valence-corrected chi connectivity index (χ0v) is 13.7. The molecule has 1 fully saturated rings. The molecule has 1 heterocycles. The van der Waals surface area contributed by atoms with E-state index in [0.717, 1.165) is 36.9 Å². The third-order valence-corrected chi connectivity index (χ3v) is 4.61. The van der Waals surface area contributed by atoms with Crippen molar-refractivity contribution in [3.8, 4) is 0 Å². The molecule has 0 unspecified atom stereocenters. The first-order valence-corrected chi connectivity index (χ1v) is 7.86. The van der Waals surface area contributed by atoms with Gasteiger partial charge < -0.3 is 15.5 Å². The Morgan fingerprint density at radius 1 is 1.45 bits per heavy atom. The lowest BCUT2D eigenvalue weighted by molar-refractivity contribution is 0.0648. The molecule has 1 amide bonds. The van der Waals surface area contributed by atoms with Gasteiger partial charge in [0.2, 0.25) is 0 Å². The normalized spacial score (nSPS) is 17.1. The van der Waals surface area contributed by atoms with Crippen molar-refractivity contribution < 1.29 is 4.79 Å². The van der Waals surface area contributed by atoms with Gasteiger partial charge in [0, 0.05) is 36.3 Å². The van der Waals surface area contributed by atoms with Crippen LogP contribution in [0.25, 0.3) is 0 Å². The summed E-state index contributed by atoms with van der Waals surface area (Å²) in [6, 6.07) is 5.74. The van der Waals surface area contributed by atoms with Crippen molar-refractivity contribution >= 4 is 27.5 Å². The predicted molar refractivity (Wildman–Crippen MR) is 85.8 cm³/mol. The largest absolute Gasteiger partial charge is 0.398 e. The summed E-state index contributed by atoms with van der Waals surface area (Å²) in [6.45, 7) is 5.39. The fourth-order valence-corrected chi connectivity index (χ4v) is 3.09. The fraction of sp³-hybridized carbons (Fsp3) is 0.533. The van der Waals surface area contributed by atoms with Crippen LogP contribution >= 0.6 is 15.9 Å². The number of carbonyl (C=O) groups excluding carboxylic acids is 1. The van der Waals surface area contributed by atoms with Crippen molar-refractivity contribution in [3.05, 3.63) is 28.2 Å². The molecule has 0 radical (unpaired) electrons. The van der Waals surface area contributed by atoms with Gasteiger partial charge in [-0.2, -0.15) is 0 Å². The second kappa shape index (κ2) is 6.59. The van der Waals surface area contributed by atoms with Crippen LogP contribution in [0, 0.1) is 0 Å². The van der Waals surface area contributed by atoms with E-state index in [4.69, 9.17) is 5.73 Å². The van der Waals surface area contributed by atoms with Gasteiger partial charge in [0.1, 0.15) is 0 Å². The molecule has 4 nitrogen and oxygen atoms in total. The van der Waals surface area contributed by atoms with Gasteiger partial charge in [0.15, 0.2) is 0 Å². The quantitative estimate of drug-likeness (QED) is 0.861. The molecule has 0 spiro atoms. The summed E-state index contributed by atoms with van der Waals surface area (Å²) in [5.41, 5.74) is 7.07. The Morgan fingerprint density at radius 3 is 2.65 bits per heavy atom. The Labute approximate surface area is 129 Å². The Hall–Kier alpha value is -1.07. The summed E-state index contributed by atoms with van der Waals surface area (Å²) in [7, 11) is 1.89. The average Bonchev–Trinajstić information content (AvgIpc) is 2.46. The summed E-state index contributed by atoms with van der Waals surface area (Å²) in [6.07, 6.45) is 2.07. The molecule has 1 aromatic rings. The van der Waals surface area contributed by atoms with Crippen molar-refractivity contribution in [2.75, 3.05) is 32.4 Å². The van der Waals surface area contributed by atoms with E-state index >= 15 is 0 Å². The topological polar surface area (TPSA) is 49.6 Å². The van der Waals surface area contributed by atoms with Crippen molar-refractivity contribution in [3.63, 3.8) is 0 Å². The highest BCUT2D eigenvalue weighted by molar-refractivity contribution is 9.10. The maximum absolute atomic E-state index is 12.5. The standard InChI is InChI=1S/C15H22BrN3O/c1-3-19-8-6-12(7-9-19)18(2)15(20)13-5-4-11(16)10-14(13)17/h4-5,10,12H,3,6-9,17H2,1-2H3. The Balaban J connectivity index is 2.05. The molecule has 0 aromatic heterocycles. The highest BCUT2D eigenvalue weighted by Gasteiger charge is 2.26.